The van der Waals surface area contributed by atoms with Crippen LogP contribution in [0.2, 0.25) is 0 Å². The molecule has 1 aromatic heterocycles. The van der Waals surface area contributed by atoms with Crippen LogP contribution < -0.4 is 0 Å². The molecule has 0 radical (unpaired) electrons. The van der Waals surface area contributed by atoms with Gasteiger partial charge in [-0.05, 0) is 18.9 Å². The molecule has 0 saturated heterocycles. The van der Waals surface area contributed by atoms with E-state index < -0.39 is 0 Å². The third-order valence-electron chi connectivity index (χ3n) is 3.10. The Morgan fingerprint density at radius 1 is 1.50 bits per heavy atom. The lowest BCUT2D eigenvalue weighted by Gasteiger charge is -2.06. The van der Waals surface area contributed by atoms with Crippen molar-refractivity contribution in [2.45, 2.75) is 18.3 Å². The first-order valence-electron chi connectivity index (χ1n) is 4.98. The molecule has 0 amide bonds. The molecule has 1 heterocycles. The Labute approximate surface area is 96.3 Å². The molecular weight excluding hydrogens is 225 g/mol. The first-order chi connectivity index (χ1) is 7.80. The first kappa shape index (κ1) is 9.67. The van der Waals surface area contributed by atoms with Crippen molar-refractivity contribution in [3.05, 3.63) is 30.1 Å². The monoisotopic (exact) mass is 233 g/mol. The predicted molar refractivity (Wildman–Crippen MR) is 60.4 cm³/mol. The summed E-state index contributed by atoms with van der Waals surface area (Å²) in [6.07, 6.45) is 3.20. The summed E-state index contributed by atoms with van der Waals surface area (Å²) in [6, 6.07) is 7.92. The standard InChI is InChI=1S/C11H8FN3S/c12-16-15-7-14-10-8(2-1-3-9(10)15)11(6-13)4-5-11/h1-3,7H,4-5H2. The molecule has 0 unspecified atom stereocenters. The van der Waals surface area contributed by atoms with E-state index in [0.717, 1.165) is 29.4 Å². The van der Waals surface area contributed by atoms with Crippen molar-refractivity contribution in [1.82, 2.24) is 8.96 Å². The number of halogens is 1. The van der Waals surface area contributed by atoms with Gasteiger partial charge in [0.25, 0.3) is 0 Å². The van der Waals surface area contributed by atoms with E-state index in [2.05, 4.69) is 11.1 Å². The van der Waals surface area contributed by atoms with Gasteiger partial charge in [-0.15, -0.1) is 3.89 Å². The largest absolute Gasteiger partial charge is 0.245 e. The summed E-state index contributed by atoms with van der Waals surface area (Å²) in [6.45, 7) is 0. The molecule has 0 atom stereocenters. The normalized spacial score (nSPS) is 17.2. The van der Waals surface area contributed by atoms with Crippen LogP contribution in [0.4, 0.5) is 3.89 Å². The minimum absolute atomic E-state index is 0.124. The van der Waals surface area contributed by atoms with Gasteiger partial charge in [0.2, 0.25) is 0 Å². The van der Waals surface area contributed by atoms with Crippen molar-refractivity contribution in [2.75, 3.05) is 0 Å². The zero-order chi connectivity index (χ0) is 11.2. The average molecular weight is 233 g/mol. The molecule has 0 bridgehead atoms. The van der Waals surface area contributed by atoms with Crippen molar-refractivity contribution in [3.63, 3.8) is 0 Å². The third kappa shape index (κ3) is 1.17. The number of rotatable bonds is 2. The second-order valence-electron chi connectivity index (χ2n) is 4.01. The van der Waals surface area contributed by atoms with Gasteiger partial charge in [0.05, 0.1) is 22.5 Å². The number of benzene rings is 1. The van der Waals surface area contributed by atoms with Crippen molar-refractivity contribution in [1.29, 1.82) is 5.26 Å². The van der Waals surface area contributed by atoms with E-state index in [4.69, 9.17) is 5.26 Å². The van der Waals surface area contributed by atoms with Crippen LogP contribution in [0.3, 0.4) is 0 Å². The Kier molecular flexibility index (Phi) is 1.95. The van der Waals surface area contributed by atoms with Gasteiger partial charge in [-0.3, -0.25) is 0 Å². The second kappa shape index (κ2) is 3.22. The van der Waals surface area contributed by atoms with Gasteiger partial charge >= 0.3 is 0 Å². The highest BCUT2D eigenvalue weighted by molar-refractivity contribution is 7.92. The van der Waals surface area contributed by atoms with Crippen LogP contribution in [0.1, 0.15) is 18.4 Å². The Balaban J connectivity index is 2.27. The maximum atomic E-state index is 12.6. The van der Waals surface area contributed by atoms with Crippen molar-refractivity contribution in [3.8, 4) is 6.07 Å². The van der Waals surface area contributed by atoms with Crippen LogP contribution >= 0.6 is 12.3 Å². The summed E-state index contributed by atoms with van der Waals surface area (Å²) in [4.78, 5) is 4.19. The molecule has 1 saturated carbocycles. The lowest BCUT2D eigenvalue weighted by molar-refractivity contribution is 0.916. The molecule has 1 aliphatic carbocycles. The summed E-state index contributed by atoms with van der Waals surface area (Å²) in [5.41, 5.74) is 2.03. The lowest BCUT2D eigenvalue weighted by Crippen LogP contribution is -2.03. The Hall–Kier alpha value is -1.54. The van der Waals surface area contributed by atoms with Gasteiger partial charge in [0, 0.05) is 5.56 Å². The molecule has 1 fully saturated rings. The van der Waals surface area contributed by atoms with E-state index in [1.807, 2.05) is 18.2 Å². The molecule has 3 nitrogen and oxygen atoms in total. The van der Waals surface area contributed by atoms with E-state index in [0.29, 0.717) is 0 Å². The smallest absolute Gasteiger partial charge is 0.171 e. The van der Waals surface area contributed by atoms with Crippen LogP contribution in [0.25, 0.3) is 11.0 Å². The predicted octanol–water partition coefficient (Wildman–Crippen LogP) is 2.97. The lowest BCUT2D eigenvalue weighted by atomic mass is 9.96. The Morgan fingerprint density at radius 2 is 2.31 bits per heavy atom. The van der Waals surface area contributed by atoms with E-state index in [9.17, 15) is 3.89 Å². The molecule has 3 rings (SSSR count). The number of hydrogen-bond acceptors (Lipinski definition) is 3. The average Bonchev–Trinajstić information content (AvgIpc) is 3.01. The molecule has 80 valence electrons. The Bertz CT molecular complexity index is 595. The van der Waals surface area contributed by atoms with E-state index in [1.54, 1.807) is 0 Å². The minimum atomic E-state index is -0.375. The zero-order valence-electron chi connectivity index (χ0n) is 8.35. The fraction of sp³-hybridized carbons (Fsp3) is 0.273. The van der Waals surface area contributed by atoms with Crippen molar-refractivity contribution >= 4 is 23.4 Å². The van der Waals surface area contributed by atoms with E-state index in [1.165, 1.54) is 10.3 Å². The fourth-order valence-corrected chi connectivity index (χ4v) is 2.33. The summed E-state index contributed by atoms with van der Waals surface area (Å²) < 4.78 is 14.0. The maximum absolute atomic E-state index is 12.6. The van der Waals surface area contributed by atoms with Crippen LogP contribution in [-0.2, 0) is 5.41 Å². The number of nitrogens with zero attached hydrogens (tertiary/aromatic N) is 3. The van der Waals surface area contributed by atoms with Crippen LogP contribution in [0.15, 0.2) is 24.5 Å². The highest BCUT2D eigenvalue weighted by Gasteiger charge is 2.46. The van der Waals surface area contributed by atoms with Crippen LogP contribution in [0.5, 0.6) is 0 Å². The van der Waals surface area contributed by atoms with Gasteiger partial charge in [-0.1, -0.05) is 12.1 Å². The molecule has 2 aromatic rings. The SMILES string of the molecule is N#CC1(c2cccc3c2ncn3SF)CC1. The molecular formula is C11H8FN3S. The van der Waals surface area contributed by atoms with Crippen molar-refractivity contribution in [2.24, 2.45) is 0 Å². The molecule has 5 heteroatoms. The minimum Gasteiger partial charge on any atom is -0.245 e. The van der Waals surface area contributed by atoms with Gasteiger partial charge < -0.3 is 0 Å². The molecule has 0 aliphatic heterocycles. The molecule has 1 aromatic carbocycles. The third-order valence-corrected chi connectivity index (χ3v) is 3.54. The van der Waals surface area contributed by atoms with Crippen LogP contribution in [0, 0.1) is 11.3 Å². The Morgan fingerprint density at radius 3 is 2.94 bits per heavy atom. The van der Waals surface area contributed by atoms with Gasteiger partial charge in [-0.2, -0.15) is 5.26 Å². The summed E-state index contributed by atoms with van der Waals surface area (Å²) >= 11 is 0.124. The first-order valence-corrected chi connectivity index (χ1v) is 5.65. The number of para-hydroxylation sites is 1. The summed E-state index contributed by atoms with van der Waals surface area (Å²) in [7, 11) is 0. The maximum Gasteiger partial charge on any atom is 0.171 e. The second-order valence-corrected chi connectivity index (χ2v) is 4.54. The van der Waals surface area contributed by atoms with Gasteiger partial charge in [0.1, 0.15) is 6.33 Å². The van der Waals surface area contributed by atoms with Crippen LogP contribution in [-0.4, -0.2) is 8.96 Å². The summed E-state index contributed by atoms with van der Waals surface area (Å²) in [5.74, 6) is 0. The van der Waals surface area contributed by atoms with E-state index in [-0.39, 0.29) is 17.7 Å². The van der Waals surface area contributed by atoms with E-state index >= 15 is 0 Å². The summed E-state index contributed by atoms with van der Waals surface area (Å²) in [5, 5.41) is 9.17. The highest BCUT2D eigenvalue weighted by Crippen LogP contribution is 2.49. The number of nitriles is 1. The number of fused-ring (bicyclic) bond motifs is 1. The number of hydrogen-bond donors (Lipinski definition) is 0. The molecule has 16 heavy (non-hydrogen) atoms. The van der Waals surface area contributed by atoms with Gasteiger partial charge in [0.15, 0.2) is 12.3 Å². The number of aromatic nitrogens is 2. The molecule has 0 N–H and O–H groups in total. The quantitative estimate of drug-likeness (QED) is 0.800. The highest BCUT2D eigenvalue weighted by atomic mass is 32.2. The molecule has 0 spiro atoms. The molecule has 1 aliphatic rings. The number of imidazole rings is 1. The topological polar surface area (TPSA) is 41.6 Å². The fourth-order valence-electron chi connectivity index (χ4n) is 2.02. The van der Waals surface area contributed by atoms with Gasteiger partial charge in [-0.25, -0.2) is 8.96 Å². The van der Waals surface area contributed by atoms with Crippen molar-refractivity contribution < 1.29 is 3.89 Å². The zero-order valence-corrected chi connectivity index (χ0v) is 9.17.